The van der Waals surface area contributed by atoms with Crippen molar-refractivity contribution < 1.29 is 14.3 Å². The molecule has 1 aromatic carbocycles. The van der Waals surface area contributed by atoms with Crippen LogP contribution in [0.15, 0.2) is 24.3 Å². The van der Waals surface area contributed by atoms with Crippen molar-refractivity contribution in [2.24, 2.45) is 5.41 Å². The van der Waals surface area contributed by atoms with Gasteiger partial charge in [0.15, 0.2) is 0 Å². The number of carbonyl (C=O) groups is 2. The average molecular weight is 332 g/mol. The van der Waals surface area contributed by atoms with Crippen LogP contribution < -0.4 is 10.1 Å². The molecule has 1 aromatic rings. The molecule has 1 fully saturated rings. The standard InChI is InChI=1S/C19H28N2O3/c1-19(2,3)13-17(22)21-11-9-15(10-12-21)20-18(23)14-5-7-16(24-4)8-6-14/h5-8,15H,9-13H2,1-4H3,(H,20,23). The van der Waals surface area contributed by atoms with Crippen LogP contribution in [0.4, 0.5) is 0 Å². The summed E-state index contributed by atoms with van der Waals surface area (Å²) < 4.78 is 5.10. The van der Waals surface area contributed by atoms with Gasteiger partial charge in [-0.25, -0.2) is 0 Å². The van der Waals surface area contributed by atoms with Gasteiger partial charge in [-0.2, -0.15) is 0 Å². The normalized spacial score (nSPS) is 15.9. The monoisotopic (exact) mass is 332 g/mol. The van der Waals surface area contributed by atoms with E-state index in [4.69, 9.17) is 4.74 Å². The molecule has 132 valence electrons. The molecule has 0 aliphatic carbocycles. The zero-order valence-corrected chi connectivity index (χ0v) is 15.1. The number of piperidine rings is 1. The first-order valence-electron chi connectivity index (χ1n) is 8.51. The van der Waals surface area contributed by atoms with E-state index in [1.54, 1.807) is 31.4 Å². The van der Waals surface area contributed by atoms with E-state index in [1.165, 1.54) is 0 Å². The lowest BCUT2D eigenvalue weighted by Gasteiger charge is -2.34. The fraction of sp³-hybridized carbons (Fsp3) is 0.579. The van der Waals surface area contributed by atoms with Gasteiger partial charge in [-0.1, -0.05) is 20.8 Å². The Hall–Kier alpha value is -2.04. The third-order valence-electron chi connectivity index (χ3n) is 4.22. The number of methoxy groups -OCH3 is 1. The molecule has 5 nitrogen and oxygen atoms in total. The lowest BCUT2D eigenvalue weighted by atomic mass is 9.91. The largest absolute Gasteiger partial charge is 0.497 e. The summed E-state index contributed by atoms with van der Waals surface area (Å²) >= 11 is 0. The van der Waals surface area contributed by atoms with E-state index < -0.39 is 0 Å². The molecule has 0 radical (unpaired) electrons. The summed E-state index contributed by atoms with van der Waals surface area (Å²) in [6, 6.07) is 7.20. The lowest BCUT2D eigenvalue weighted by molar-refractivity contribution is -0.134. The van der Waals surface area contributed by atoms with Gasteiger partial charge in [-0.3, -0.25) is 9.59 Å². The number of benzene rings is 1. The SMILES string of the molecule is COc1ccc(C(=O)NC2CCN(C(=O)CC(C)(C)C)CC2)cc1. The Bertz CT molecular complexity index is 567. The summed E-state index contributed by atoms with van der Waals surface area (Å²) in [6.45, 7) is 7.65. The molecule has 1 saturated heterocycles. The highest BCUT2D eigenvalue weighted by Crippen LogP contribution is 2.22. The molecular weight excluding hydrogens is 304 g/mol. The van der Waals surface area contributed by atoms with Crippen molar-refractivity contribution in [2.45, 2.75) is 46.1 Å². The van der Waals surface area contributed by atoms with Crippen LogP contribution in [-0.2, 0) is 4.79 Å². The smallest absolute Gasteiger partial charge is 0.251 e. The maximum Gasteiger partial charge on any atom is 0.251 e. The first-order chi connectivity index (χ1) is 11.3. The maximum atomic E-state index is 12.3. The van der Waals surface area contributed by atoms with Crippen LogP contribution in [0.3, 0.4) is 0 Å². The van der Waals surface area contributed by atoms with Gasteiger partial charge in [-0.15, -0.1) is 0 Å². The second-order valence-corrected chi connectivity index (χ2v) is 7.59. The van der Waals surface area contributed by atoms with E-state index in [0.717, 1.165) is 18.6 Å². The van der Waals surface area contributed by atoms with E-state index >= 15 is 0 Å². The molecule has 1 aliphatic rings. The second kappa shape index (κ2) is 7.69. The fourth-order valence-electron chi connectivity index (χ4n) is 2.85. The molecule has 0 saturated carbocycles. The number of rotatable bonds is 4. The zero-order valence-electron chi connectivity index (χ0n) is 15.1. The molecule has 0 atom stereocenters. The van der Waals surface area contributed by atoms with Crippen molar-refractivity contribution in [1.29, 1.82) is 0 Å². The number of nitrogens with zero attached hydrogens (tertiary/aromatic N) is 1. The van der Waals surface area contributed by atoms with Crippen molar-refractivity contribution >= 4 is 11.8 Å². The number of hydrogen-bond donors (Lipinski definition) is 1. The summed E-state index contributed by atoms with van der Waals surface area (Å²) in [5.74, 6) is 0.872. The quantitative estimate of drug-likeness (QED) is 0.922. The summed E-state index contributed by atoms with van der Waals surface area (Å²) in [7, 11) is 1.60. The molecule has 0 spiro atoms. The third kappa shape index (κ3) is 5.25. The van der Waals surface area contributed by atoms with Crippen LogP contribution in [-0.4, -0.2) is 43.0 Å². The van der Waals surface area contributed by atoms with Crippen LogP contribution in [0.2, 0.25) is 0 Å². The maximum absolute atomic E-state index is 12.3. The van der Waals surface area contributed by atoms with Gasteiger partial charge in [0.1, 0.15) is 5.75 Å². The Morgan fingerprint density at radius 1 is 1.17 bits per heavy atom. The van der Waals surface area contributed by atoms with Crippen molar-refractivity contribution in [3.63, 3.8) is 0 Å². The minimum atomic E-state index is -0.0721. The Kier molecular flexibility index (Phi) is 5.86. The Balaban J connectivity index is 1.82. The van der Waals surface area contributed by atoms with Crippen LogP contribution in [0.25, 0.3) is 0 Å². The Morgan fingerprint density at radius 3 is 2.25 bits per heavy atom. The number of ether oxygens (including phenoxy) is 1. The number of amides is 2. The molecule has 0 unspecified atom stereocenters. The van der Waals surface area contributed by atoms with Crippen LogP contribution >= 0.6 is 0 Å². The van der Waals surface area contributed by atoms with Gasteiger partial charge in [0, 0.05) is 31.1 Å². The molecule has 1 aliphatic heterocycles. The van der Waals surface area contributed by atoms with E-state index in [-0.39, 0.29) is 23.3 Å². The molecule has 0 aromatic heterocycles. The summed E-state index contributed by atoms with van der Waals surface area (Å²) in [5, 5.41) is 3.06. The van der Waals surface area contributed by atoms with Gasteiger partial charge in [0.05, 0.1) is 7.11 Å². The third-order valence-corrected chi connectivity index (χ3v) is 4.22. The molecule has 0 bridgehead atoms. The van der Waals surface area contributed by atoms with Gasteiger partial charge >= 0.3 is 0 Å². The van der Waals surface area contributed by atoms with Crippen LogP contribution in [0.1, 0.15) is 50.4 Å². The minimum Gasteiger partial charge on any atom is -0.497 e. The first-order valence-corrected chi connectivity index (χ1v) is 8.51. The highest BCUT2D eigenvalue weighted by molar-refractivity contribution is 5.94. The summed E-state index contributed by atoms with van der Waals surface area (Å²) in [5.41, 5.74) is 0.637. The highest BCUT2D eigenvalue weighted by atomic mass is 16.5. The molecule has 2 amide bonds. The Labute approximate surface area is 144 Å². The van der Waals surface area contributed by atoms with Crippen molar-refractivity contribution in [2.75, 3.05) is 20.2 Å². The van der Waals surface area contributed by atoms with Crippen molar-refractivity contribution in [3.8, 4) is 5.75 Å². The van der Waals surface area contributed by atoms with Crippen molar-refractivity contribution in [1.82, 2.24) is 10.2 Å². The number of carbonyl (C=O) groups excluding carboxylic acids is 2. The number of nitrogens with one attached hydrogen (secondary N) is 1. The number of hydrogen-bond acceptors (Lipinski definition) is 3. The average Bonchev–Trinajstić information content (AvgIpc) is 2.54. The highest BCUT2D eigenvalue weighted by Gasteiger charge is 2.26. The molecule has 5 heteroatoms. The van der Waals surface area contributed by atoms with Gasteiger partial charge < -0.3 is 15.0 Å². The van der Waals surface area contributed by atoms with E-state index in [0.29, 0.717) is 25.1 Å². The first kappa shape index (κ1) is 18.3. The van der Waals surface area contributed by atoms with E-state index in [2.05, 4.69) is 26.1 Å². The topological polar surface area (TPSA) is 58.6 Å². The Morgan fingerprint density at radius 2 is 1.75 bits per heavy atom. The van der Waals surface area contributed by atoms with Crippen LogP contribution in [0, 0.1) is 5.41 Å². The molecule has 1 N–H and O–H groups in total. The lowest BCUT2D eigenvalue weighted by Crippen LogP contribution is -2.47. The molecule has 24 heavy (non-hydrogen) atoms. The predicted octanol–water partition coefficient (Wildman–Crippen LogP) is 2.85. The molecule has 1 heterocycles. The van der Waals surface area contributed by atoms with Gasteiger partial charge in [0.25, 0.3) is 5.91 Å². The van der Waals surface area contributed by atoms with Crippen molar-refractivity contribution in [3.05, 3.63) is 29.8 Å². The van der Waals surface area contributed by atoms with E-state index in [1.807, 2.05) is 4.90 Å². The van der Waals surface area contributed by atoms with Gasteiger partial charge in [0.2, 0.25) is 5.91 Å². The molecular formula is C19H28N2O3. The second-order valence-electron chi connectivity index (χ2n) is 7.59. The molecule has 2 rings (SSSR count). The predicted molar refractivity (Wildman–Crippen MR) is 94.1 cm³/mol. The van der Waals surface area contributed by atoms with Crippen LogP contribution in [0.5, 0.6) is 5.75 Å². The minimum absolute atomic E-state index is 0.0104. The van der Waals surface area contributed by atoms with Gasteiger partial charge in [-0.05, 0) is 42.5 Å². The van der Waals surface area contributed by atoms with E-state index in [9.17, 15) is 9.59 Å². The fourth-order valence-corrected chi connectivity index (χ4v) is 2.85. The zero-order chi connectivity index (χ0) is 17.7. The summed E-state index contributed by atoms with van der Waals surface area (Å²) in [4.78, 5) is 26.5. The number of likely N-dealkylation sites (tertiary alicyclic amines) is 1. The summed E-state index contributed by atoms with van der Waals surface area (Å²) in [6.07, 6.45) is 2.17.